The Hall–Kier alpha value is -2.09. The molecule has 1 unspecified atom stereocenters. The van der Waals surface area contributed by atoms with Gasteiger partial charge in [-0.15, -0.1) is 0 Å². The number of fused-ring (bicyclic) bond motifs is 1. The van der Waals surface area contributed by atoms with Gasteiger partial charge in [0, 0.05) is 12.7 Å². The van der Waals surface area contributed by atoms with Crippen LogP contribution in [0.1, 0.15) is 17.4 Å². The van der Waals surface area contributed by atoms with Crippen LogP contribution in [0, 0.1) is 0 Å². The molecule has 0 aliphatic carbocycles. The van der Waals surface area contributed by atoms with E-state index in [2.05, 4.69) is 0 Å². The van der Waals surface area contributed by atoms with Gasteiger partial charge in [-0.3, -0.25) is 4.79 Å². The van der Waals surface area contributed by atoms with Crippen molar-refractivity contribution < 1.29 is 28.5 Å². The third-order valence-corrected chi connectivity index (χ3v) is 4.73. The Balaban J connectivity index is 1.52. The molecular weight excluding hydrogens is 348 g/mol. The van der Waals surface area contributed by atoms with Crippen LogP contribution in [-0.2, 0) is 35.1 Å². The lowest BCUT2D eigenvalue weighted by atomic mass is 9.98. The minimum atomic E-state index is -0.979. The summed E-state index contributed by atoms with van der Waals surface area (Å²) >= 11 is 0. The van der Waals surface area contributed by atoms with Crippen LogP contribution in [0.2, 0.25) is 0 Å². The van der Waals surface area contributed by atoms with Crippen LogP contribution in [0.25, 0.3) is 0 Å². The zero-order chi connectivity index (χ0) is 18.6. The molecule has 0 N–H and O–H groups in total. The van der Waals surface area contributed by atoms with Gasteiger partial charge in [0.15, 0.2) is 12.4 Å². The van der Waals surface area contributed by atoms with Crippen LogP contribution in [-0.4, -0.2) is 44.1 Å². The molecule has 0 radical (unpaired) electrons. The molecule has 0 aromatic heterocycles. The summed E-state index contributed by atoms with van der Waals surface area (Å²) in [7, 11) is 1.44. The lowest BCUT2D eigenvalue weighted by Gasteiger charge is -2.44. The molecule has 27 heavy (non-hydrogen) atoms. The fourth-order valence-corrected chi connectivity index (χ4v) is 3.35. The Labute approximate surface area is 157 Å². The van der Waals surface area contributed by atoms with E-state index in [9.17, 15) is 4.79 Å². The number of benzene rings is 2. The fraction of sp³-hybridized carbons (Fsp3) is 0.381. The second-order valence-electron chi connectivity index (χ2n) is 6.54. The summed E-state index contributed by atoms with van der Waals surface area (Å²) in [6.45, 7) is 0.597. The number of Topliss-reactive ketones (excluding diaryl/α,β-unsaturated/α-hetero) is 1. The molecule has 142 valence electrons. The van der Waals surface area contributed by atoms with E-state index in [0.717, 1.165) is 11.1 Å². The van der Waals surface area contributed by atoms with E-state index < -0.39 is 30.9 Å². The molecule has 5 atom stereocenters. The third kappa shape index (κ3) is 3.95. The quantitative estimate of drug-likeness (QED) is 0.806. The number of carbonyl (C=O) groups is 1. The Morgan fingerprint density at radius 1 is 1.00 bits per heavy atom. The van der Waals surface area contributed by atoms with Crippen LogP contribution < -0.4 is 0 Å². The molecule has 0 saturated carbocycles. The summed E-state index contributed by atoms with van der Waals surface area (Å²) in [6.07, 6.45) is -3.33. The van der Waals surface area contributed by atoms with Crippen LogP contribution in [0.3, 0.4) is 0 Å². The summed E-state index contributed by atoms with van der Waals surface area (Å²) in [6, 6.07) is 19.3. The zero-order valence-electron chi connectivity index (χ0n) is 15.0. The number of hydrogen-bond donors (Lipinski definition) is 0. The van der Waals surface area contributed by atoms with Crippen molar-refractivity contribution >= 4 is 5.78 Å². The second-order valence-corrected chi connectivity index (χ2v) is 6.54. The molecule has 0 amide bonds. The van der Waals surface area contributed by atoms with E-state index in [1.54, 1.807) is 0 Å². The summed E-state index contributed by atoms with van der Waals surface area (Å²) in [4.78, 5) is 12.8. The number of ether oxygens (including phenoxy) is 5. The highest BCUT2D eigenvalue weighted by Gasteiger charge is 2.50. The highest BCUT2D eigenvalue weighted by molar-refractivity contribution is 5.87. The van der Waals surface area contributed by atoms with Crippen LogP contribution in [0.15, 0.2) is 60.7 Å². The smallest absolute Gasteiger partial charge is 0.220 e. The van der Waals surface area contributed by atoms with Crippen molar-refractivity contribution in [2.24, 2.45) is 0 Å². The number of ketones is 1. The minimum absolute atomic E-state index is 0.275. The van der Waals surface area contributed by atoms with Gasteiger partial charge in [0.05, 0.1) is 13.2 Å². The van der Waals surface area contributed by atoms with Crippen LogP contribution in [0.4, 0.5) is 0 Å². The van der Waals surface area contributed by atoms with Crippen molar-refractivity contribution in [1.82, 2.24) is 0 Å². The lowest BCUT2D eigenvalue weighted by Crippen LogP contribution is -2.61. The maximum atomic E-state index is 12.8. The SMILES string of the molecule is CO[C@H]1O[C@@H]2COC(c3ccccc3)O[C@H]2[C@H](OCc2ccccc2)C1=O. The Morgan fingerprint density at radius 2 is 1.70 bits per heavy atom. The Bertz CT molecular complexity index is 750. The maximum Gasteiger partial charge on any atom is 0.220 e. The predicted molar refractivity (Wildman–Crippen MR) is 95.7 cm³/mol. The van der Waals surface area contributed by atoms with Crippen molar-refractivity contribution in [3.05, 3.63) is 71.8 Å². The number of methoxy groups -OCH3 is 1. The van der Waals surface area contributed by atoms with E-state index in [-0.39, 0.29) is 5.78 Å². The van der Waals surface area contributed by atoms with Crippen molar-refractivity contribution in [2.75, 3.05) is 13.7 Å². The van der Waals surface area contributed by atoms with Crippen molar-refractivity contribution in [2.45, 2.75) is 37.5 Å². The zero-order valence-corrected chi connectivity index (χ0v) is 15.0. The molecule has 2 heterocycles. The van der Waals surface area contributed by atoms with E-state index in [4.69, 9.17) is 23.7 Å². The van der Waals surface area contributed by atoms with E-state index in [0.29, 0.717) is 13.2 Å². The summed E-state index contributed by atoms with van der Waals surface area (Å²) in [5.41, 5.74) is 1.87. The fourth-order valence-electron chi connectivity index (χ4n) is 3.35. The largest absolute Gasteiger partial charge is 0.363 e. The first kappa shape index (κ1) is 18.3. The Morgan fingerprint density at radius 3 is 2.41 bits per heavy atom. The van der Waals surface area contributed by atoms with E-state index in [1.165, 1.54) is 7.11 Å². The van der Waals surface area contributed by atoms with Gasteiger partial charge >= 0.3 is 0 Å². The van der Waals surface area contributed by atoms with Crippen LogP contribution in [0.5, 0.6) is 0 Å². The van der Waals surface area contributed by atoms with E-state index in [1.807, 2.05) is 60.7 Å². The Kier molecular flexibility index (Phi) is 5.61. The molecule has 2 aliphatic rings. The average Bonchev–Trinajstić information content (AvgIpc) is 2.74. The van der Waals surface area contributed by atoms with Gasteiger partial charge in [0.1, 0.15) is 12.2 Å². The molecular formula is C21H22O6. The molecule has 0 bridgehead atoms. The molecule has 2 aromatic carbocycles. The van der Waals surface area contributed by atoms with Gasteiger partial charge in [-0.05, 0) is 5.56 Å². The normalized spacial score (nSPS) is 30.7. The molecule has 0 spiro atoms. The van der Waals surface area contributed by atoms with Crippen molar-refractivity contribution in [1.29, 1.82) is 0 Å². The first-order valence-corrected chi connectivity index (χ1v) is 8.96. The second kappa shape index (κ2) is 8.29. The molecule has 2 fully saturated rings. The van der Waals surface area contributed by atoms with Crippen LogP contribution >= 0.6 is 0 Å². The predicted octanol–water partition coefficient (Wildman–Crippen LogP) is 2.63. The average molecular weight is 370 g/mol. The first-order chi connectivity index (χ1) is 13.3. The maximum absolute atomic E-state index is 12.8. The molecule has 2 aliphatic heterocycles. The number of carbonyl (C=O) groups excluding carboxylic acids is 1. The number of hydrogen-bond acceptors (Lipinski definition) is 6. The van der Waals surface area contributed by atoms with Gasteiger partial charge in [0.2, 0.25) is 12.1 Å². The lowest BCUT2D eigenvalue weighted by molar-refractivity contribution is -0.321. The molecule has 2 aromatic rings. The molecule has 4 rings (SSSR count). The summed E-state index contributed by atoms with van der Waals surface area (Å²) in [5.74, 6) is -0.275. The highest BCUT2D eigenvalue weighted by atomic mass is 16.7. The molecule has 6 nitrogen and oxygen atoms in total. The van der Waals surface area contributed by atoms with E-state index >= 15 is 0 Å². The monoisotopic (exact) mass is 370 g/mol. The van der Waals surface area contributed by atoms with Crippen molar-refractivity contribution in [3.63, 3.8) is 0 Å². The topological polar surface area (TPSA) is 63.2 Å². The first-order valence-electron chi connectivity index (χ1n) is 8.96. The highest BCUT2D eigenvalue weighted by Crippen LogP contribution is 2.34. The van der Waals surface area contributed by atoms with Crippen molar-refractivity contribution in [3.8, 4) is 0 Å². The summed E-state index contributed by atoms with van der Waals surface area (Å²) in [5, 5.41) is 0. The summed E-state index contributed by atoms with van der Waals surface area (Å²) < 4.78 is 28.8. The van der Waals surface area contributed by atoms with Gasteiger partial charge < -0.3 is 23.7 Å². The molecule has 6 heteroatoms. The minimum Gasteiger partial charge on any atom is -0.363 e. The molecule has 2 saturated heterocycles. The van der Waals surface area contributed by atoms with Gasteiger partial charge in [0.25, 0.3) is 0 Å². The van der Waals surface area contributed by atoms with Gasteiger partial charge in [-0.25, -0.2) is 0 Å². The third-order valence-electron chi connectivity index (χ3n) is 4.73. The standard InChI is InChI=1S/C21H22O6/c1-23-21-17(22)19(24-12-14-8-4-2-5-9-14)18-16(26-21)13-25-20(27-18)15-10-6-3-7-11-15/h2-11,16,18-21H,12-13H2,1H3/t16-,18-,19-,20?,21+/m1/s1. The number of rotatable bonds is 5. The van der Waals surface area contributed by atoms with Gasteiger partial charge in [-0.1, -0.05) is 60.7 Å². The van der Waals surface area contributed by atoms with Gasteiger partial charge in [-0.2, -0.15) is 0 Å².